The van der Waals surface area contributed by atoms with Gasteiger partial charge in [0.1, 0.15) is 0 Å². The standard InChI is InChI=1S/C12H9Cl3N2/c13-9-1-2-10(14)8(5-9)6-17-12-7-16-4-3-11(12)15/h1-5,7,17H,6H2. The first-order valence-electron chi connectivity index (χ1n) is 4.94. The molecule has 2 nitrogen and oxygen atoms in total. The summed E-state index contributed by atoms with van der Waals surface area (Å²) in [5.41, 5.74) is 1.68. The zero-order chi connectivity index (χ0) is 12.3. The number of hydrogen-bond acceptors (Lipinski definition) is 2. The maximum Gasteiger partial charge on any atom is 0.0718 e. The number of pyridine rings is 1. The van der Waals surface area contributed by atoms with Gasteiger partial charge in [0.2, 0.25) is 0 Å². The molecule has 0 radical (unpaired) electrons. The minimum absolute atomic E-state index is 0.546. The fraction of sp³-hybridized carbons (Fsp3) is 0.0833. The van der Waals surface area contributed by atoms with Crippen molar-refractivity contribution in [1.29, 1.82) is 0 Å². The van der Waals surface area contributed by atoms with Crippen LogP contribution in [0.25, 0.3) is 0 Å². The Hall–Kier alpha value is -0.960. The fourth-order valence-corrected chi connectivity index (χ4v) is 1.93. The van der Waals surface area contributed by atoms with Crippen molar-refractivity contribution in [1.82, 2.24) is 4.98 Å². The van der Waals surface area contributed by atoms with E-state index in [4.69, 9.17) is 34.8 Å². The summed E-state index contributed by atoms with van der Waals surface area (Å²) in [6.45, 7) is 0.546. The van der Waals surface area contributed by atoms with Gasteiger partial charge in [0, 0.05) is 22.8 Å². The zero-order valence-corrected chi connectivity index (χ0v) is 11.0. The molecule has 0 aliphatic rings. The third-order valence-corrected chi connectivity index (χ3v) is 3.18. The average Bonchev–Trinajstić information content (AvgIpc) is 2.32. The number of aromatic nitrogens is 1. The van der Waals surface area contributed by atoms with E-state index < -0.39 is 0 Å². The van der Waals surface area contributed by atoms with Crippen LogP contribution in [0.15, 0.2) is 36.7 Å². The predicted octanol–water partition coefficient (Wildman–Crippen LogP) is 4.65. The molecule has 0 saturated heterocycles. The molecule has 0 unspecified atom stereocenters. The van der Waals surface area contributed by atoms with Crippen molar-refractivity contribution < 1.29 is 0 Å². The van der Waals surface area contributed by atoms with Crippen LogP contribution in [-0.2, 0) is 6.54 Å². The van der Waals surface area contributed by atoms with E-state index in [1.165, 1.54) is 0 Å². The Morgan fingerprint density at radius 1 is 1.06 bits per heavy atom. The molecule has 1 N–H and O–H groups in total. The van der Waals surface area contributed by atoms with Crippen LogP contribution < -0.4 is 5.32 Å². The van der Waals surface area contributed by atoms with Gasteiger partial charge in [0.05, 0.1) is 16.9 Å². The van der Waals surface area contributed by atoms with Crippen LogP contribution in [0.2, 0.25) is 15.1 Å². The number of halogens is 3. The van der Waals surface area contributed by atoms with E-state index in [0.717, 1.165) is 11.3 Å². The monoisotopic (exact) mass is 286 g/mol. The van der Waals surface area contributed by atoms with Crippen molar-refractivity contribution in [2.75, 3.05) is 5.32 Å². The lowest BCUT2D eigenvalue weighted by molar-refractivity contribution is 1.14. The molecule has 0 saturated carbocycles. The van der Waals surface area contributed by atoms with Crippen LogP contribution >= 0.6 is 34.8 Å². The Labute approximate surface area is 115 Å². The quantitative estimate of drug-likeness (QED) is 0.888. The second kappa shape index (κ2) is 5.58. The maximum absolute atomic E-state index is 6.05. The summed E-state index contributed by atoms with van der Waals surface area (Å²) < 4.78 is 0. The lowest BCUT2D eigenvalue weighted by atomic mass is 10.2. The summed E-state index contributed by atoms with van der Waals surface area (Å²) in [7, 11) is 0. The Kier molecular flexibility index (Phi) is 4.11. The Bertz CT molecular complexity index is 529. The van der Waals surface area contributed by atoms with Crippen LogP contribution in [0.3, 0.4) is 0 Å². The smallest absolute Gasteiger partial charge is 0.0718 e. The van der Waals surface area contributed by atoms with Crippen molar-refractivity contribution in [3.05, 3.63) is 57.3 Å². The second-order valence-corrected chi connectivity index (χ2v) is 4.70. The summed E-state index contributed by atoms with van der Waals surface area (Å²) >= 11 is 18.0. The van der Waals surface area contributed by atoms with Crippen molar-refractivity contribution in [3.63, 3.8) is 0 Å². The van der Waals surface area contributed by atoms with E-state index in [9.17, 15) is 0 Å². The molecule has 2 rings (SSSR count). The van der Waals surface area contributed by atoms with Crippen molar-refractivity contribution >= 4 is 40.5 Å². The molecule has 88 valence electrons. The van der Waals surface area contributed by atoms with E-state index in [0.29, 0.717) is 21.6 Å². The first-order valence-corrected chi connectivity index (χ1v) is 6.07. The number of nitrogens with zero attached hydrogens (tertiary/aromatic N) is 1. The molecule has 17 heavy (non-hydrogen) atoms. The van der Waals surface area contributed by atoms with Crippen molar-refractivity contribution in [2.24, 2.45) is 0 Å². The van der Waals surface area contributed by atoms with Crippen LogP contribution in [0.5, 0.6) is 0 Å². The predicted molar refractivity (Wildman–Crippen MR) is 73.0 cm³/mol. The molecule has 1 heterocycles. The summed E-state index contributed by atoms with van der Waals surface area (Å²) in [4.78, 5) is 3.99. The molecule has 0 aliphatic heterocycles. The number of anilines is 1. The molecule has 0 bridgehead atoms. The van der Waals surface area contributed by atoms with Gasteiger partial charge in [-0.15, -0.1) is 0 Å². The molecule has 0 aliphatic carbocycles. The highest BCUT2D eigenvalue weighted by Crippen LogP contribution is 2.24. The molecule has 0 fully saturated rings. The first-order chi connectivity index (χ1) is 8.16. The minimum atomic E-state index is 0.546. The fourth-order valence-electron chi connectivity index (χ4n) is 1.38. The van der Waals surface area contributed by atoms with Gasteiger partial charge >= 0.3 is 0 Å². The topological polar surface area (TPSA) is 24.9 Å². The van der Waals surface area contributed by atoms with Crippen LogP contribution in [0.1, 0.15) is 5.56 Å². The lowest BCUT2D eigenvalue weighted by Crippen LogP contribution is -2.01. The third kappa shape index (κ3) is 3.25. The van der Waals surface area contributed by atoms with E-state index >= 15 is 0 Å². The third-order valence-electron chi connectivity index (χ3n) is 2.24. The summed E-state index contributed by atoms with van der Waals surface area (Å²) in [5.74, 6) is 0. The normalized spacial score (nSPS) is 10.3. The Morgan fingerprint density at radius 3 is 2.65 bits per heavy atom. The molecule has 5 heteroatoms. The van der Waals surface area contributed by atoms with E-state index in [1.807, 2.05) is 6.07 Å². The highest BCUT2D eigenvalue weighted by atomic mass is 35.5. The largest absolute Gasteiger partial charge is 0.378 e. The molecule has 0 amide bonds. The van der Waals surface area contributed by atoms with Gasteiger partial charge in [0.15, 0.2) is 0 Å². The molecule has 0 spiro atoms. The molecular weight excluding hydrogens is 279 g/mol. The zero-order valence-electron chi connectivity index (χ0n) is 8.75. The summed E-state index contributed by atoms with van der Waals surface area (Å²) in [5, 5.41) is 5.11. The number of rotatable bonds is 3. The summed E-state index contributed by atoms with van der Waals surface area (Å²) in [6, 6.07) is 7.07. The Balaban J connectivity index is 2.12. The molecule has 1 aromatic carbocycles. The van der Waals surface area contributed by atoms with Gasteiger partial charge in [-0.2, -0.15) is 0 Å². The molecular formula is C12H9Cl3N2. The van der Waals surface area contributed by atoms with Crippen LogP contribution in [0.4, 0.5) is 5.69 Å². The minimum Gasteiger partial charge on any atom is -0.378 e. The van der Waals surface area contributed by atoms with Gasteiger partial charge in [-0.3, -0.25) is 4.98 Å². The van der Waals surface area contributed by atoms with Gasteiger partial charge < -0.3 is 5.32 Å². The highest BCUT2D eigenvalue weighted by Gasteiger charge is 2.03. The lowest BCUT2D eigenvalue weighted by Gasteiger charge is -2.09. The number of hydrogen-bond donors (Lipinski definition) is 1. The van der Waals surface area contributed by atoms with Gasteiger partial charge in [-0.05, 0) is 29.8 Å². The second-order valence-electron chi connectivity index (χ2n) is 3.44. The van der Waals surface area contributed by atoms with Gasteiger partial charge in [-0.1, -0.05) is 34.8 Å². The molecule has 2 aromatic rings. The van der Waals surface area contributed by atoms with E-state index in [1.54, 1.807) is 30.6 Å². The van der Waals surface area contributed by atoms with Crippen LogP contribution in [-0.4, -0.2) is 4.98 Å². The first kappa shape index (κ1) is 12.5. The van der Waals surface area contributed by atoms with Crippen molar-refractivity contribution in [3.8, 4) is 0 Å². The Morgan fingerprint density at radius 2 is 1.88 bits per heavy atom. The SMILES string of the molecule is Clc1ccc(Cl)c(CNc2cnccc2Cl)c1. The average molecular weight is 288 g/mol. The van der Waals surface area contributed by atoms with E-state index in [-0.39, 0.29) is 0 Å². The maximum atomic E-state index is 6.05. The van der Waals surface area contributed by atoms with Gasteiger partial charge in [0.25, 0.3) is 0 Å². The molecule has 1 aromatic heterocycles. The summed E-state index contributed by atoms with van der Waals surface area (Å²) in [6.07, 6.45) is 3.31. The molecule has 0 atom stereocenters. The van der Waals surface area contributed by atoms with Crippen LogP contribution in [0, 0.1) is 0 Å². The number of nitrogens with one attached hydrogen (secondary N) is 1. The number of benzene rings is 1. The van der Waals surface area contributed by atoms with Crippen molar-refractivity contribution in [2.45, 2.75) is 6.54 Å². The van der Waals surface area contributed by atoms with Gasteiger partial charge in [-0.25, -0.2) is 0 Å². The highest BCUT2D eigenvalue weighted by molar-refractivity contribution is 6.34. The van der Waals surface area contributed by atoms with E-state index in [2.05, 4.69) is 10.3 Å².